The van der Waals surface area contributed by atoms with E-state index in [1.165, 1.54) is 4.70 Å². The molecular formula is C17H14N4S2. The fraction of sp³-hybridized carbons (Fsp3) is 0.118. The van der Waals surface area contributed by atoms with Crippen LogP contribution in [-0.2, 0) is 12.3 Å². The molecule has 3 aromatic heterocycles. The molecule has 0 radical (unpaired) electrons. The molecule has 1 aromatic carbocycles. The van der Waals surface area contributed by atoms with Crippen LogP contribution in [0.1, 0.15) is 10.7 Å². The van der Waals surface area contributed by atoms with E-state index in [1.807, 2.05) is 42.9 Å². The van der Waals surface area contributed by atoms with Crippen molar-refractivity contribution in [3.05, 3.63) is 71.8 Å². The van der Waals surface area contributed by atoms with Crippen LogP contribution >= 0.6 is 23.1 Å². The molecule has 6 heteroatoms. The third-order valence-electron chi connectivity index (χ3n) is 3.40. The summed E-state index contributed by atoms with van der Waals surface area (Å²) in [6.07, 6.45) is 5.65. The monoisotopic (exact) mass is 338 g/mol. The number of hydrogen-bond acceptors (Lipinski definition) is 5. The first-order valence-corrected chi connectivity index (χ1v) is 9.07. The Labute approximate surface area is 142 Å². The van der Waals surface area contributed by atoms with Crippen LogP contribution in [0, 0.1) is 0 Å². The van der Waals surface area contributed by atoms with Crippen LogP contribution in [0.3, 0.4) is 0 Å². The first-order chi connectivity index (χ1) is 11.4. The highest BCUT2D eigenvalue weighted by atomic mass is 32.2. The van der Waals surface area contributed by atoms with Crippen molar-refractivity contribution in [3.63, 3.8) is 0 Å². The van der Waals surface area contributed by atoms with Crippen LogP contribution in [0.5, 0.6) is 0 Å². The Morgan fingerprint density at radius 3 is 2.78 bits per heavy atom. The molecule has 0 saturated carbocycles. The van der Waals surface area contributed by atoms with E-state index in [-0.39, 0.29) is 0 Å². The molecule has 0 spiro atoms. The van der Waals surface area contributed by atoms with Crippen molar-refractivity contribution in [1.82, 2.24) is 19.5 Å². The van der Waals surface area contributed by atoms with Crippen LogP contribution in [0.2, 0.25) is 0 Å². The molecule has 0 aliphatic heterocycles. The fourth-order valence-electron chi connectivity index (χ4n) is 2.33. The second-order valence-corrected chi connectivity index (χ2v) is 7.08. The Bertz CT molecular complexity index is 881. The van der Waals surface area contributed by atoms with Crippen LogP contribution in [0.4, 0.5) is 0 Å². The summed E-state index contributed by atoms with van der Waals surface area (Å²) >= 11 is 3.46. The molecule has 3 heterocycles. The number of aromatic nitrogens is 4. The SMILES string of the molecule is c1ccc(Cn2ccnc2SCc2nc3ccccc3s2)nc1. The predicted molar refractivity (Wildman–Crippen MR) is 94.7 cm³/mol. The Morgan fingerprint density at radius 2 is 1.91 bits per heavy atom. The highest BCUT2D eigenvalue weighted by molar-refractivity contribution is 7.98. The second kappa shape index (κ2) is 6.52. The molecule has 0 fully saturated rings. The predicted octanol–water partition coefficient (Wildman–Crippen LogP) is 4.23. The molecule has 0 aliphatic rings. The van der Waals surface area contributed by atoms with Crippen molar-refractivity contribution < 1.29 is 0 Å². The van der Waals surface area contributed by atoms with E-state index in [9.17, 15) is 0 Å². The number of para-hydroxylation sites is 1. The zero-order chi connectivity index (χ0) is 15.5. The van der Waals surface area contributed by atoms with Crippen molar-refractivity contribution in [2.45, 2.75) is 17.5 Å². The van der Waals surface area contributed by atoms with Gasteiger partial charge in [0.05, 0.1) is 28.2 Å². The van der Waals surface area contributed by atoms with E-state index in [2.05, 4.69) is 37.7 Å². The van der Waals surface area contributed by atoms with Gasteiger partial charge in [0.15, 0.2) is 5.16 Å². The van der Waals surface area contributed by atoms with Crippen LogP contribution in [-0.4, -0.2) is 19.5 Å². The second-order valence-electron chi connectivity index (χ2n) is 5.02. The normalized spacial score (nSPS) is 11.1. The summed E-state index contributed by atoms with van der Waals surface area (Å²) in [6, 6.07) is 14.2. The quantitative estimate of drug-likeness (QED) is 0.511. The number of imidazole rings is 1. The van der Waals surface area contributed by atoms with Gasteiger partial charge in [0.2, 0.25) is 0 Å². The van der Waals surface area contributed by atoms with Gasteiger partial charge in [-0.25, -0.2) is 9.97 Å². The Hall–Kier alpha value is -2.18. The Balaban J connectivity index is 1.48. The number of rotatable bonds is 5. The average Bonchev–Trinajstić information content (AvgIpc) is 3.20. The third-order valence-corrected chi connectivity index (χ3v) is 5.63. The molecule has 0 unspecified atom stereocenters. The van der Waals surface area contributed by atoms with Gasteiger partial charge in [-0.2, -0.15) is 0 Å². The maximum absolute atomic E-state index is 4.67. The Morgan fingerprint density at radius 1 is 1.00 bits per heavy atom. The first kappa shape index (κ1) is 14.4. The van der Waals surface area contributed by atoms with Gasteiger partial charge in [-0.1, -0.05) is 30.0 Å². The lowest BCUT2D eigenvalue weighted by atomic mass is 10.3. The summed E-state index contributed by atoms with van der Waals surface area (Å²) < 4.78 is 3.36. The smallest absolute Gasteiger partial charge is 0.168 e. The lowest BCUT2D eigenvalue weighted by Crippen LogP contribution is -2.01. The van der Waals surface area contributed by atoms with Crippen molar-refractivity contribution in [2.75, 3.05) is 0 Å². The Kier molecular flexibility index (Phi) is 4.08. The van der Waals surface area contributed by atoms with Crippen LogP contribution in [0.25, 0.3) is 10.2 Å². The minimum atomic E-state index is 0.739. The lowest BCUT2D eigenvalue weighted by molar-refractivity contribution is 0.693. The summed E-state index contributed by atoms with van der Waals surface area (Å²) in [6.45, 7) is 0.739. The summed E-state index contributed by atoms with van der Waals surface area (Å²) in [7, 11) is 0. The molecule has 0 bridgehead atoms. The van der Waals surface area contributed by atoms with Crippen LogP contribution in [0.15, 0.2) is 66.2 Å². The molecule has 0 atom stereocenters. The fourth-order valence-corrected chi connectivity index (χ4v) is 4.25. The number of fused-ring (bicyclic) bond motifs is 1. The van der Waals surface area contributed by atoms with E-state index < -0.39 is 0 Å². The zero-order valence-electron chi connectivity index (χ0n) is 12.3. The molecule has 4 aromatic rings. The summed E-state index contributed by atoms with van der Waals surface area (Å²) in [4.78, 5) is 13.5. The van der Waals surface area contributed by atoms with Crippen molar-refractivity contribution in [1.29, 1.82) is 0 Å². The van der Waals surface area contributed by atoms with Crippen molar-refractivity contribution >= 4 is 33.3 Å². The third kappa shape index (κ3) is 3.28. The first-order valence-electron chi connectivity index (χ1n) is 7.27. The van der Waals surface area contributed by atoms with Gasteiger partial charge in [-0.3, -0.25) is 4.98 Å². The van der Waals surface area contributed by atoms with E-state index >= 15 is 0 Å². The molecule has 0 N–H and O–H groups in total. The largest absolute Gasteiger partial charge is 0.320 e. The zero-order valence-corrected chi connectivity index (χ0v) is 13.9. The minimum Gasteiger partial charge on any atom is -0.320 e. The van der Waals surface area contributed by atoms with E-state index in [1.54, 1.807) is 23.1 Å². The van der Waals surface area contributed by atoms with Gasteiger partial charge in [-0.05, 0) is 24.3 Å². The van der Waals surface area contributed by atoms with Gasteiger partial charge >= 0.3 is 0 Å². The van der Waals surface area contributed by atoms with Gasteiger partial charge in [0.25, 0.3) is 0 Å². The number of benzene rings is 1. The molecule has 23 heavy (non-hydrogen) atoms. The maximum Gasteiger partial charge on any atom is 0.168 e. The summed E-state index contributed by atoms with van der Waals surface area (Å²) in [5, 5.41) is 2.12. The average molecular weight is 338 g/mol. The number of thioether (sulfide) groups is 1. The van der Waals surface area contributed by atoms with E-state index in [4.69, 9.17) is 0 Å². The number of pyridine rings is 1. The topological polar surface area (TPSA) is 43.6 Å². The lowest BCUT2D eigenvalue weighted by Gasteiger charge is -2.06. The van der Waals surface area contributed by atoms with Gasteiger partial charge in [0, 0.05) is 18.6 Å². The van der Waals surface area contributed by atoms with Gasteiger partial charge in [-0.15, -0.1) is 11.3 Å². The standard InChI is InChI=1S/C17H14N4S2/c1-2-7-15-14(6-1)20-16(23-15)12-22-17-19-9-10-21(17)11-13-5-3-4-8-18-13/h1-10H,11-12H2. The van der Waals surface area contributed by atoms with E-state index in [0.29, 0.717) is 0 Å². The van der Waals surface area contributed by atoms with Crippen molar-refractivity contribution in [3.8, 4) is 0 Å². The molecule has 4 nitrogen and oxygen atoms in total. The summed E-state index contributed by atoms with van der Waals surface area (Å²) in [5.41, 5.74) is 2.11. The van der Waals surface area contributed by atoms with Crippen molar-refractivity contribution in [2.24, 2.45) is 0 Å². The number of nitrogens with zero attached hydrogens (tertiary/aromatic N) is 4. The summed E-state index contributed by atoms with van der Waals surface area (Å²) in [5.74, 6) is 0.832. The number of hydrogen-bond donors (Lipinski definition) is 0. The van der Waals surface area contributed by atoms with Gasteiger partial charge in [0.1, 0.15) is 5.01 Å². The minimum absolute atomic E-state index is 0.739. The highest BCUT2D eigenvalue weighted by Crippen LogP contribution is 2.27. The van der Waals surface area contributed by atoms with Gasteiger partial charge < -0.3 is 4.57 Å². The maximum atomic E-state index is 4.67. The molecule has 4 rings (SSSR count). The van der Waals surface area contributed by atoms with Crippen LogP contribution < -0.4 is 0 Å². The number of thiazole rings is 1. The molecule has 114 valence electrons. The molecular weight excluding hydrogens is 324 g/mol. The molecule has 0 saturated heterocycles. The van der Waals surface area contributed by atoms with E-state index in [0.717, 1.165) is 33.7 Å². The highest BCUT2D eigenvalue weighted by Gasteiger charge is 2.08. The molecule has 0 aliphatic carbocycles. The molecule has 0 amide bonds.